The normalized spacial score (nSPS) is 30.6. The molecule has 3 amide bonds. The maximum absolute atomic E-state index is 14.3. The lowest BCUT2D eigenvalue weighted by atomic mass is 9.66. The van der Waals surface area contributed by atoms with Gasteiger partial charge in [0.2, 0.25) is 17.7 Å². The van der Waals surface area contributed by atoms with Crippen LogP contribution < -0.4 is 10.6 Å². The molecule has 9 heteroatoms. The lowest BCUT2D eigenvalue weighted by molar-refractivity contribution is -0.149. The maximum Gasteiger partial charge on any atom is 0.250 e. The van der Waals surface area contributed by atoms with Crippen LogP contribution in [0.1, 0.15) is 45.6 Å². The molecule has 8 nitrogen and oxygen atoms in total. The Kier molecular flexibility index (Phi) is 7.48. The van der Waals surface area contributed by atoms with Crippen LogP contribution in [0.25, 0.3) is 0 Å². The topological polar surface area (TPSA) is 108 Å². The zero-order valence-corrected chi connectivity index (χ0v) is 23.3. The van der Waals surface area contributed by atoms with Gasteiger partial charge in [-0.2, -0.15) is 0 Å². The number of amides is 3. The van der Waals surface area contributed by atoms with E-state index in [1.807, 2.05) is 51.1 Å². The summed E-state index contributed by atoms with van der Waals surface area (Å²) in [6.07, 6.45) is 1.72. The molecule has 0 radical (unpaired) electrons. The summed E-state index contributed by atoms with van der Waals surface area (Å²) in [4.78, 5) is 43.5. The van der Waals surface area contributed by atoms with Crippen molar-refractivity contribution in [2.45, 2.75) is 69.9 Å². The van der Waals surface area contributed by atoms with E-state index < -0.39 is 41.0 Å². The van der Waals surface area contributed by atoms with Gasteiger partial charge in [0.05, 0.1) is 30.1 Å². The number of nitrogens with one attached hydrogen (secondary N) is 2. The highest BCUT2D eigenvalue weighted by Crippen LogP contribution is 2.63. The van der Waals surface area contributed by atoms with Crippen molar-refractivity contribution in [2.24, 2.45) is 17.8 Å². The molecule has 2 bridgehead atoms. The molecular formula is C30H36ClN3O5. The third-order valence-electron chi connectivity index (χ3n) is 9.01. The summed E-state index contributed by atoms with van der Waals surface area (Å²) >= 11 is 6.03. The van der Waals surface area contributed by atoms with Gasteiger partial charge in [0.25, 0.3) is 0 Å². The first-order valence-corrected chi connectivity index (χ1v) is 14.0. The largest absolute Gasteiger partial charge is 0.394 e. The third kappa shape index (κ3) is 4.62. The van der Waals surface area contributed by atoms with Gasteiger partial charge in [-0.05, 0) is 55.5 Å². The van der Waals surface area contributed by atoms with Gasteiger partial charge in [-0.15, -0.1) is 0 Å². The minimum atomic E-state index is -1.17. The average molecular weight is 554 g/mol. The Morgan fingerprint density at radius 3 is 2.46 bits per heavy atom. The second kappa shape index (κ2) is 10.6. The van der Waals surface area contributed by atoms with Gasteiger partial charge in [0.1, 0.15) is 11.6 Å². The summed E-state index contributed by atoms with van der Waals surface area (Å²) in [5.41, 5.74) is -0.558. The first-order valence-electron chi connectivity index (χ1n) is 13.7. The van der Waals surface area contributed by atoms with E-state index >= 15 is 0 Å². The quantitative estimate of drug-likeness (QED) is 0.438. The lowest BCUT2D eigenvalue weighted by Crippen LogP contribution is -2.57. The van der Waals surface area contributed by atoms with Crippen LogP contribution in [0.15, 0.2) is 54.6 Å². The van der Waals surface area contributed by atoms with Crippen LogP contribution in [0, 0.1) is 17.8 Å². The summed E-state index contributed by atoms with van der Waals surface area (Å²) < 4.78 is 6.67. The number of halogens is 1. The fourth-order valence-electron chi connectivity index (χ4n) is 6.87. The van der Waals surface area contributed by atoms with Gasteiger partial charge in [-0.1, -0.05) is 62.2 Å². The number of anilines is 1. The third-order valence-corrected chi connectivity index (χ3v) is 9.26. The number of hydrogen-bond donors (Lipinski definition) is 3. The van der Waals surface area contributed by atoms with Crippen molar-refractivity contribution in [3.63, 3.8) is 0 Å². The van der Waals surface area contributed by atoms with Crippen LogP contribution in [0.5, 0.6) is 0 Å². The molecule has 3 heterocycles. The Morgan fingerprint density at radius 1 is 1.13 bits per heavy atom. The second-order valence-electron chi connectivity index (χ2n) is 11.3. The predicted octanol–water partition coefficient (Wildman–Crippen LogP) is 3.77. The summed E-state index contributed by atoms with van der Waals surface area (Å²) in [5, 5.41) is 16.9. The molecule has 2 aromatic rings. The number of rotatable bonds is 9. The number of carbonyl (C=O) groups excluding carboxylic acids is 3. The Balaban J connectivity index is 1.51. The van der Waals surface area contributed by atoms with Crippen molar-refractivity contribution < 1.29 is 24.2 Å². The molecule has 39 heavy (non-hydrogen) atoms. The molecule has 3 N–H and O–H groups in total. The summed E-state index contributed by atoms with van der Waals surface area (Å²) in [6.45, 7) is 5.85. The monoisotopic (exact) mass is 553 g/mol. The SMILES string of the molecule is CC[C@H](C)[C@H](CO)N1C(=O)[C@@H]2[C@H](C(=O)NCc3ccccc3)[C@]3(C)CCC2(O3)C1C(=O)Nc1ccc(Cl)cc1. The van der Waals surface area contributed by atoms with Crippen LogP contribution in [-0.4, -0.2) is 57.6 Å². The molecule has 3 fully saturated rings. The number of aliphatic hydroxyl groups is 1. The van der Waals surface area contributed by atoms with Crippen molar-refractivity contribution in [3.8, 4) is 0 Å². The summed E-state index contributed by atoms with van der Waals surface area (Å²) in [7, 11) is 0. The summed E-state index contributed by atoms with van der Waals surface area (Å²) in [5.74, 6) is -2.62. The molecule has 0 aromatic heterocycles. The van der Waals surface area contributed by atoms with Gasteiger partial charge in [0, 0.05) is 17.3 Å². The van der Waals surface area contributed by atoms with Crippen LogP contribution >= 0.6 is 11.6 Å². The molecule has 2 aromatic carbocycles. The zero-order valence-electron chi connectivity index (χ0n) is 22.5. The van der Waals surface area contributed by atoms with Gasteiger partial charge >= 0.3 is 0 Å². The highest BCUT2D eigenvalue weighted by molar-refractivity contribution is 6.30. The van der Waals surface area contributed by atoms with Crippen LogP contribution in [0.2, 0.25) is 5.02 Å². The van der Waals surface area contributed by atoms with Gasteiger partial charge < -0.3 is 25.4 Å². The Morgan fingerprint density at radius 2 is 1.82 bits per heavy atom. The average Bonchev–Trinajstić information content (AvgIpc) is 3.50. The van der Waals surface area contributed by atoms with E-state index in [1.54, 1.807) is 24.3 Å². The van der Waals surface area contributed by atoms with Gasteiger partial charge in [0.15, 0.2) is 0 Å². The highest BCUT2D eigenvalue weighted by atomic mass is 35.5. The fourth-order valence-corrected chi connectivity index (χ4v) is 7.00. The van der Waals surface area contributed by atoms with Crippen molar-refractivity contribution >= 4 is 35.0 Å². The molecule has 1 spiro atoms. The Bertz CT molecular complexity index is 1240. The number of ether oxygens (including phenoxy) is 1. The van der Waals surface area contributed by atoms with Gasteiger partial charge in [-0.3, -0.25) is 14.4 Å². The smallest absolute Gasteiger partial charge is 0.250 e. The van der Waals surface area contributed by atoms with E-state index in [-0.39, 0.29) is 24.3 Å². The number of benzene rings is 2. The molecule has 5 rings (SSSR count). The van der Waals surface area contributed by atoms with Crippen LogP contribution in [0.4, 0.5) is 5.69 Å². The molecule has 2 unspecified atom stereocenters. The Labute approximate surface area is 234 Å². The number of hydrogen-bond acceptors (Lipinski definition) is 5. The first kappa shape index (κ1) is 27.6. The second-order valence-corrected chi connectivity index (χ2v) is 11.7. The van der Waals surface area contributed by atoms with Gasteiger partial charge in [-0.25, -0.2) is 0 Å². The molecule has 3 aliphatic rings. The number of carbonyl (C=O) groups is 3. The molecule has 0 aliphatic carbocycles. The molecule has 0 saturated carbocycles. The minimum absolute atomic E-state index is 0.0712. The van der Waals surface area contributed by atoms with E-state index in [1.165, 1.54) is 4.90 Å². The number of fused-ring (bicyclic) bond motifs is 1. The van der Waals surface area contributed by atoms with Crippen molar-refractivity contribution in [2.75, 3.05) is 11.9 Å². The van der Waals surface area contributed by atoms with E-state index in [4.69, 9.17) is 16.3 Å². The standard InChI is InChI=1S/C30H36ClN3O5/c1-4-18(2)22(17-35)34-25(27(37)33-21-12-10-20(31)11-13-21)30-15-14-29(3,39-30)23(24(30)28(34)38)26(36)32-16-19-8-6-5-7-9-19/h5-13,18,22-25,35H,4,14-17H2,1-3H3,(H,32,36)(H,33,37)/t18-,22-,23+,24-,25?,29-,30?/m0/s1. The van der Waals surface area contributed by atoms with E-state index in [9.17, 15) is 19.5 Å². The minimum Gasteiger partial charge on any atom is -0.394 e. The zero-order chi connectivity index (χ0) is 27.9. The highest BCUT2D eigenvalue weighted by Gasteiger charge is 2.78. The van der Waals surface area contributed by atoms with E-state index in [0.29, 0.717) is 36.5 Å². The van der Waals surface area contributed by atoms with Crippen molar-refractivity contribution in [1.82, 2.24) is 10.2 Å². The number of nitrogens with zero attached hydrogens (tertiary/aromatic N) is 1. The first-order chi connectivity index (χ1) is 18.6. The van der Waals surface area contributed by atoms with Crippen LogP contribution in [-0.2, 0) is 25.7 Å². The maximum atomic E-state index is 14.3. The fraction of sp³-hybridized carbons (Fsp3) is 0.500. The van der Waals surface area contributed by atoms with E-state index in [0.717, 1.165) is 5.56 Å². The molecule has 3 aliphatic heterocycles. The number of likely N-dealkylation sites (tertiary alicyclic amines) is 1. The Hall–Kier alpha value is -2.94. The molecule has 3 saturated heterocycles. The lowest BCUT2D eigenvalue weighted by Gasteiger charge is -2.39. The van der Waals surface area contributed by atoms with Crippen LogP contribution in [0.3, 0.4) is 0 Å². The molecular weight excluding hydrogens is 518 g/mol. The van der Waals surface area contributed by atoms with Crippen molar-refractivity contribution in [1.29, 1.82) is 0 Å². The predicted molar refractivity (Wildman–Crippen MR) is 148 cm³/mol. The summed E-state index contributed by atoms with van der Waals surface area (Å²) in [6, 6.07) is 14.7. The molecule has 208 valence electrons. The molecule has 7 atom stereocenters. The number of aliphatic hydroxyl groups excluding tert-OH is 1. The van der Waals surface area contributed by atoms with Crippen molar-refractivity contribution in [3.05, 3.63) is 65.2 Å². The van der Waals surface area contributed by atoms with E-state index in [2.05, 4.69) is 10.6 Å².